The largest absolute Gasteiger partial charge is 0.459 e. The summed E-state index contributed by atoms with van der Waals surface area (Å²) in [6.45, 7) is 0. The van der Waals surface area contributed by atoms with Gasteiger partial charge in [-0.3, -0.25) is 4.79 Å². The molecule has 0 fully saturated rings. The minimum absolute atomic E-state index is 0.278. The van der Waals surface area contributed by atoms with Gasteiger partial charge < -0.3 is 14.3 Å². The van der Waals surface area contributed by atoms with Gasteiger partial charge in [0, 0.05) is 12.4 Å². The Morgan fingerprint density at radius 2 is 2.11 bits per heavy atom. The fraction of sp³-hybridized carbons (Fsp3) is 0. The lowest BCUT2D eigenvalue weighted by Crippen LogP contribution is -2.12. The van der Waals surface area contributed by atoms with E-state index in [1.165, 1.54) is 6.26 Å². The van der Waals surface area contributed by atoms with Crippen molar-refractivity contribution in [1.82, 2.24) is 9.55 Å². The number of hydrogen-bond acceptors (Lipinski definition) is 3. The molecule has 94 valence electrons. The molecular weight excluding hydrogens is 242 g/mol. The maximum atomic E-state index is 12.0. The van der Waals surface area contributed by atoms with E-state index < -0.39 is 0 Å². The number of para-hydroxylation sites is 2. The monoisotopic (exact) mass is 253 g/mol. The van der Waals surface area contributed by atoms with Crippen molar-refractivity contribution in [2.45, 2.75) is 0 Å². The number of carbonyl (C=O) groups excluding carboxylic acids is 1. The summed E-state index contributed by atoms with van der Waals surface area (Å²) in [7, 11) is 0. The van der Waals surface area contributed by atoms with Crippen LogP contribution in [-0.2, 0) is 0 Å². The Kier molecular flexibility index (Phi) is 2.86. The molecule has 5 nitrogen and oxygen atoms in total. The molecule has 2 aromatic heterocycles. The summed E-state index contributed by atoms with van der Waals surface area (Å²) in [5.74, 6) is -0.00185. The predicted octanol–water partition coefficient (Wildman–Crippen LogP) is 2.72. The molecule has 3 rings (SSSR count). The summed E-state index contributed by atoms with van der Waals surface area (Å²) in [6, 6.07) is 10.8. The molecule has 0 bridgehead atoms. The molecule has 0 spiro atoms. The van der Waals surface area contributed by atoms with E-state index in [0.29, 0.717) is 5.69 Å². The van der Waals surface area contributed by atoms with Crippen molar-refractivity contribution in [3.63, 3.8) is 0 Å². The number of carbonyl (C=O) groups is 1. The number of rotatable bonds is 3. The molecule has 1 aromatic carbocycles. The lowest BCUT2D eigenvalue weighted by molar-refractivity contribution is 0.0996. The fourth-order valence-electron chi connectivity index (χ4n) is 1.80. The van der Waals surface area contributed by atoms with Crippen molar-refractivity contribution in [2.75, 3.05) is 5.32 Å². The second-order valence-electron chi connectivity index (χ2n) is 3.92. The van der Waals surface area contributed by atoms with Crippen LogP contribution < -0.4 is 5.32 Å². The highest BCUT2D eigenvalue weighted by molar-refractivity contribution is 6.03. The molecule has 0 saturated carbocycles. The van der Waals surface area contributed by atoms with Gasteiger partial charge in [-0.15, -0.1) is 0 Å². The molecule has 0 aliphatic carbocycles. The molecule has 0 atom stereocenters. The molecular formula is C14H11N3O2. The molecule has 1 amide bonds. The number of hydrogen-bond donors (Lipinski definition) is 1. The second kappa shape index (κ2) is 4.81. The highest BCUT2D eigenvalue weighted by Crippen LogP contribution is 2.20. The van der Waals surface area contributed by atoms with E-state index in [1.54, 1.807) is 24.7 Å². The zero-order valence-corrected chi connectivity index (χ0v) is 9.98. The first-order chi connectivity index (χ1) is 9.34. The number of furan rings is 1. The second-order valence-corrected chi connectivity index (χ2v) is 3.92. The molecule has 5 heteroatoms. The lowest BCUT2D eigenvalue weighted by atomic mass is 10.2. The van der Waals surface area contributed by atoms with Crippen LogP contribution in [0.15, 0.2) is 65.8 Å². The Hall–Kier alpha value is -2.82. The SMILES string of the molecule is O=C(Nc1ccccc1-n1ccnc1)c1ccco1. The van der Waals surface area contributed by atoms with E-state index in [4.69, 9.17) is 4.42 Å². The maximum absolute atomic E-state index is 12.0. The molecule has 0 saturated heterocycles. The van der Waals surface area contributed by atoms with Crippen molar-refractivity contribution in [3.8, 4) is 5.69 Å². The zero-order valence-electron chi connectivity index (χ0n) is 9.98. The molecule has 19 heavy (non-hydrogen) atoms. The van der Waals surface area contributed by atoms with Crippen LogP contribution in [0.5, 0.6) is 0 Å². The van der Waals surface area contributed by atoms with Crippen LogP contribution in [0.2, 0.25) is 0 Å². The van der Waals surface area contributed by atoms with E-state index >= 15 is 0 Å². The number of imidazole rings is 1. The van der Waals surface area contributed by atoms with Crippen molar-refractivity contribution in [1.29, 1.82) is 0 Å². The average molecular weight is 253 g/mol. The Balaban J connectivity index is 1.92. The zero-order chi connectivity index (χ0) is 13.1. The Bertz CT molecular complexity index is 673. The van der Waals surface area contributed by atoms with Gasteiger partial charge in [-0.05, 0) is 24.3 Å². The van der Waals surface area contributed by atoms with Gasteiger partial charge in [0.2, 0.25) is 0 Å². The number of amides is 1. The van der Waals surface area contributed by atoms with Gasteiger partial charge in [-0.2, -0.15) is 0 Å². The van der Waals surface area contributed by atoms with E-state index in [2.05, 4.69) is 10.3 Å². The molecule has 0 aliphatic rings. The number of nitrogens with one attached hydrogen (secondary N) is 1. The highest BCUT2D eigenvalue weighted by Gasteiger charge is 2.11. The van der Waals surface area contributed by atoms with Gasteiger partial charge in [0.05, 0.1) is 24.0 Å². The third kappa shape index (κ3) is 2.26. The smallest absolute Gasteiger partial charge is 0.291 e. The van der Waals surface area contributed by atoms with Crippen LogP contribution in [0.25, 0.3) is 5.69 Å². The molecule has 0 unspecified atom stereocenters. The van der Waals surface area contributed by atoms with Crippen molar-refractivity contribution in [3.05, 3.63) is 67.1 Å². The molecule has 3 aromatic rings. The first-order valence-electron chi connectivity index (χ1n) is 5.77. The number of aromatic nitrogens is 2. The average Bonchev–Trinajstić information content (AvgIpc) is 3.13. The Labute approximate surface area is 109 Å². The topological polar surface area (TPSA) is 60.1 Å². The van der Waals surface area contributed by atoms with Crippen LogP contribution in [0.3, 0.4) is 0 Å². The van der Waals surface area contributed by atoms with Crippen molar-refractivity contribution >= 4 is 11.6 Å². The predicted molar refractivity (Wildman–Crippen MR) is 70.2 cm³/mol. The third-order valence-corrected chi connectivity index (χ3v) is 2.68. The highest BCUT2D eigenvalue weighted by atomic mass is 16.3. The van der Waals surface area contributed by atoms with Gasteiger partial charge in [0.15, 0.2) is 5.76 Å². The van der Waals surface area contributed by atoms with Gasteiger partial charge in [-0.25, -0.2) is 4.98 Å². The fourth-order valence-corrected chi connectivity index (χ4v) is 1.80. The van der Waals surface area contributed by atoms with Crippen LogP contribution in [0, 0.1) is 0 Å². The van der Waals surface area contributed by atoms with Crippen LogP contribution in [0.1, 0.15) is 10.6 Å². The first-order valence-corrected chi connectivity index (χ1v) is 5.77. The van der Waals surface area contributed by atoms with Crippen LogP contribution in [0.4, 0.5) is 5.69 Å². The molecule has 0 aliphatic heterocycles. The summed E-state index contributed by atoms with van der Waals surface area (Å²) in [5, 5.41) is 2.82. The minimum atomic E-state index is -0.280. The first kappa shape index (κ1) is 11.3. The third-order valence-electron chi connectivity index (χ3n) is 2.68. The summed E-state index contributed by atoms with van der Waals surface area (Å²) >= 11 is 0. The summed E-state index contributed by atoms with van der Waals surface area (Å²) in [5.41, 5.74) is 1.54. The van der Waals surface area contributed by atoms with Crippen LogP contribution >= 0.6 is 0 Å². The summed E-state index contributed by atoms with van der Waals surface area (Å²) < 4.78 is 6.90. The molecule has 2 heterocycles. The van der Waals surface area contributed by atoms with E-state index in [9.17, 15) is 4.79 Å². The van der Waals surface area contributed by atoms with Gasteiger partial charge >= 0.3 is 0 Å². The van der Waals surface area contributed by atoms with Crippen LogP contribution in [-0.4, -0.2) is 15.5 Å². The Morgan fingerprint density at radius 1 is 1.21 bits per heavy atom. The number of nitrogens with zero attached hydrogens (tertiary/aromatic N) is 2. The standard InChI is InChI=1S/C14H11N3O2/c18-14(13-6-3-9-19-13)16-11-4-1-2-5-12(11)17-8-7-15-10-17/h1-10H,(H,16,18). The normalized spacial score (nSPS) is 10.3. The summed E-state index contributed by atoms with van der Waals surface area (Å²) in [4.78, 5) is 16.0. The maximum Gasteiger partial charge on any atom is 0.291 e. The minimum Gasteiger partial charge on any atom is -0.459 e. The van der Waals surface area contributed by atoms with E-state index in [0.717, 1.165) is 5.69 Å². The van der Waals surface area contributed by atoms with E-state index in [-0.39, 0.29) is 11.7 Å². The van der Waals surface area contributed by atoms with Gasteiger partial charge in [-0.1, -0.05) is 12.1 Å². The van der Waals surface area contributed by atoms with Gasteiger partial charge in [0.25, 0.3) is 5.91 Å². The van der Waals surface area contributed by atoms with Crippen molar-refractivity contribution < 1.29 is 9.21 Å². The number of benzene rings is 1. The quantitative estimate of drug-likeness (QED) is 0.780. The Morgan fingerprint density at radius 3 is 2.84 bits per heavy atom. The lowest BCUT2D eigenvalue weighted by Gasteiger charge is -2.10. The summed E-state index contributed by atoms with van der Waals surface area (Å²) in [6.07, 6.45) is 6.65. The molecule has 0 radical (unpaired) electrons. The number of anilines is 1. The van der Waals surface area contributed by atoms with Crippen molar-refractivity contribution in [2.24, 2.45) is 0 Å². The van der Waals surface area contributed by atoms with Gasteiger partial charge in [0.1, 0.15) is 0 Å². The molecule has 1 N–H and O–H groups in total. The van der Waals surface area contributed by atoms with E-state index in [1.807, 2.05) is 35.0 Å².